The van der Waals surface area contributed by atoms with Gasteiger partial charge in [0.1, 0.15) is 5.25 Å². The number of esters is 2. The molecule has 0 aromatic rings. The van der Waals surface area contributed by atoms with Crippen LogP contribution in [0, 0.1) is 0 Å². The van der Waals surface area contributed by atoms with Crippen LogP contribution >= 0.6 is 11.8 Å². The molecule has 1 saturated heterocycles. The highest BCUT2D eigenvalue weighted by Crippen LogP contribution is 2.23. The number of ether oxygens (including phenoxy) is 1. The maximum atomic E-state index is 10.9. The van der Waals surface area contributed by atoms with E-state index in [1.807, 2.05) is 0 Å². The first kappa shape index (κ1) is 9.58. The van der Waals surface area contributed by atoms with Crippen molar-refractivity contribution < 1.29 is 14.3 Å². The van der Waals surface area contributed by atoms with Crippen molar-refractivity contribution in [2.75, 3.05) is 5.75 Å². The van der Waals surface area contributed by atoms with Gasteiger partial charge in [-0.15, -0.1) is 11.8 Å². The normalized spacial score (nSPS) is 22.9. The molecule has 0 bridgehead atoms. The summed E-state index contributed by atoms with van der Waals surface area (Å²) in [6.07, 6.45) is 2.46. The van der Waals surface area contributed by atoms with Crippen LogP contribution in [0.1, 0.15) is 26.2 Å². The van der Waals surface area contributed by atoms with E-state index >= 15 is 0 Å². The maximum absolute atomic E-state index is 10.9. The van der Waals surface area contributed by atoms with Gasteiger partial charge in [-0.2, -0.15) is 0 Å². The molecule has 0 unspecified atom stereocenters. The van der Waals surface area contributed by atoms with Crippen LogP contribution in [0.2, 0.25) is 0 Å². The van der Waals surface area contributed by atoms with E-state index in [0.29, 0.717) is 0 Å². The molecule has 0 aliphatic carbocycles. The van der Waals surface area contributed by atoms with Gasteiger partial charge in [-0.05, 0) is 12.2 Å². The lowest BCUT2D eigenvalue weighted by molar-refractivity contribution is -0.151. The van der Waals surface area contributed by atoms with Crippen molar-refractivity contribution in [2.45, 2.75) is 31.4 Å². The van der Waals surface area contributed by atoms with Gasteiger partial charge in [0.05, 0.1) is 6.42 Å². The van der Waals surface area contributed by atoms with Crippen LogP contribution in [0.3, 0.4) is 0 Å². The number of hydrogen-bond acceptors (Lipinski definition) is 4. The van der Waals surface area contributed by atoms with Crippen molar-refractivity contribution >= 4 is 23.7 Å². The summed E-state index contributed by atoms with van der Waals surface area (Å²) in [7, 11) is 0. The maximum Gasteiger partial charge on any atom is 0.327 e. The fourth-order valence-electron chi connectivity index (χ4n) is 0.951. The lowest BCUT2D eigenvalue weighted by Gasteiger charge is -2.01. The third-order valence-electron chi connectivity index (χ3n) is 1.65. The van der Waals surface area contributed by atoms with E-state index < -0.39 is 0 Å². The number of rotatable bonds is 4. The quantitative estimate of drug-likeness (QED) is 0.379. The smallest absolute Gasteiger partial charge is 0.327 e. The molecular formula is C8H12O3S. The Morgan fingerprint density at radius 3 is 2.83 bits per heavy atom. The first-order valence-corrected chi connectivity index (χ1v) is 5.15. The summed E-state index contributed by atoms with van der Waals surface area (Å²) < 4.78 is 4.41. The zero-order valence-electron chi connectivity index (χ0n) is 7.04. The second-order valence-electron chi connectivity index (χ2n) is 2.71. The predicted molar refractivity (Wildman–Crippen MR) is 46.9 cm³/mol. The van der Waals surface area contributed by atoms with Gasteiger partial charge in [0.25, 0.3) is 0 Å². The van der Waals surface area contributed by atoms with Gasteiger partial charge < -0.3 is 4.74 Å². The lowest BCUT2D eigenvalue weighted by atomic mass is 10.3. The van der Waals surface area contributed by atoms with Crippen LogP contribution < -0.4 is 0 Å². The molecule has 0 N–H and O–H groups in total. The van der Waals surface area contributed by atoms with E-state index in [9.17, 15) is 9.59 Å². The van der Waals surface area contributed by atoms with Crippen molar-refractivity contribution in [3.8, 4) is 0 Å². The molecule has 3 nitrogen and oxygen atoms in total. The molecule has 0 aromatic carbocycles. The number of cyclic esters (lactones) is 2. The van der Waals surface area contributed by atoms with E-state index in [1.54, 1.807) is 0 Å². The molecule has 0 aromatic heterocycles. The second kappa shape index (κ2) is 4.50. The summed E-state index contributed by atoms with van der Waals surface area (Å²) in [4.78, 5) is 21.6. The average molecular weight is 188 g/mol. The van der Waals surface area contributed by atoms with E-state index in [4.69, 9.17) is 0 Å². The lowest BCUT2D eigenvalue weighted by Crippen LogP contribution is -2.09. The highest BCUT2D eigenvalue weighted by atomic mass is 32.2. The Hall–Kier alpha value is -0.510. The summed E-state index contributed by atoms with van der Waals surface area (Å²) >= 11 is 1.53. The first-order valence-electron chi connectivity index (χ1n) is 4.10. The van der Waals surface area contributed by atoms with Crippen LogP contribution in [0.15, 0.2) is 0 Å². The van der Waals surface area contributed by atoms with Gasteiger partial charge in [-0.25, -0.2) is 0 Å². The summed E-state index contributed by atoms with van der Waals surface area (Å²) in [5, 5.41) is -0.232. The SMILES string of the molecule is CCCCS[C@@H]1CC(=O)OC1=O. The van der Waals surface area contributed by atoms with Crippen LogP contribution in [0.4, 0.5) is 0 Å². The summed E-state index contributed by atoms with van der Waals surface area (Å²) in [5.74, 6) is 0.193. The minimum atomic E-state index is -0.381. The Balaban J connectivity index is 2.24. The number of hydrogen-bond donors (Lipinski definition) is 0. The number of carbonyl (C=O) groups is 2. The van der Waals surface area contributed by atoms with Gasteiger partial charge in [-0.3, -0.25) is 9.59 Å². The zero-order chi connectivity index (χ0) is 8.97. The number of carbonyl (C=O) groups excluding carboxylic acids is 2. The van der Waals surface area contributed by atoms with Crippen molar-refractivity contribution in [3.63, 3.8) is 0 Å². The van der Waals surface area contributed by atoms with Gasteiger partial charge in [-0.1, -0.05) is 13.3 Å². The first-order chi connectivity index (χ1) is 5.74. The van der Waals surface area contributed by atoms with Crippen LogP contribution in [-0.2, 0) is 14.3 Å². The standard InChI is InChI=1S/C8H12O3S/c1-2-3-4-12-6-5-7(9)11-8(6)10/h6H,2-5H2,1H3/t6-/m1/s1. The third kappa shape index (κ3) is 2.52. The Morgan fingerprint density at radius 1 is 1.58 bits per heavy atom. The molecule has 4 heteroatoms. The topological polar surface area (TPSA) is 43.4 Å². The monoisotopic (exact) mass is 188 g/mol. The third-order valence-corrected chi connectivity index (χ3v) is 2.93. The number of thioether (sulfide) groups is 1. The largest absolute Gasteiger partial charge is 0.392 e. The second-order valence-corrected chi connectivity index (χ2v) is 4.02. The fraction of sp³-hybridized carbons (Fsp3) is 0.750. The van der Waals surface area contributed by atoms with E-state index in [1.165, 1.54) is 11.8 Å². The zero-order valence-corrected chi connectivity index (χ0v) is 7.86. The van der Waals surface area contributed by atoms with E-state index in [2.05, 4.69) is 11.7 Å². The molecule has 0 spiro atoms. The Bertz CT molecular complexity index is 191. The number of unbranched alkanes of at least 4 members (excludes halogenated alkanes) is 1. The van der Waals surface area contributed by atoms with Gasteiger partial charge in [0, 0.05) is 0 Å². The van der Waals surface area contributed by atoms with Crippen LogP contribution in [0.25, 0.3) is 0 Å². The summed E-state index contributed by atoms with van der Waals surface area (Å²) in [6, 6.07) is 0. The molecular weight excluding hydrogens is 176 g/mol. The van der Waals surface area contributed by atoms with Crippen molar-refractivity contribution in [3.05, 3.63) is 0 Å². The average Bonchev–Trinajstić information content (AvgIpc) is 2.31. The molecule has 68 valence electrons. The molecule has 1 fully saturated rings. The van der Waals surface area contributed by atoms with Crippen molar-refractivity contribution in [2.24, 2.45) is 0 Å². The van der Waals surface area contributed by atoms with Crippen molar-refractivity contribution in [1.29, 1.82) is 0 Å². The van der Waals surface area contributed by atoms with Gasteiger partial charge in [0.2, 0.25) is 0 Å². The molecule has 1 rings (SSSR count). The fourth-order valence-corrected chi connectivity index (χ4v) is 2.13. The van der Waals surface area contributed by atoms with Crippen molar-refractivity contribution in [1.82, 2.24) is 0 Å². The van der Waals surface area contributed by atoms with Gasteiger partial charge in [0.15, 0.2) is 0 Å². The van der Waals surface area contributed by atoms with E-state index in [0.717, 1.165) is 18.6 Å². The Kier molecular flexibility index (Phi) is 3.59. The molecule has 0 radical (unpaired) electrons. The summed E-state index contributed by atoms with van der Waals surface area (Å²) in [6.45, 7) is 2.10. The Morgan fingerprint density at radius 2 is 2.33 bits per heavy atom. The summed E-state index contributed by atoms with van der Waals surface area (Å²) in [5.41, 5.74) is 0. The molecule has 1 aliphatic rings. The molecule has 12 heavy (non-hydrogen) atoms. The minimum absolute atomic E-state index is 0.232. The highest BCUT2D eigenvalue weighted by Gasteiger charge is 2.33. The molecule has 0 amide bonds. The van der Waals surface area contributed by atoms with Gasteiger partial charge >= 0.3 is 11.9 Å². The Labute approximate surface area is 75.8 Å². The van der Waals surface area contributed by atoms with Crippen LogP contribution in [0.5, 0.6) is 0 Å². The van der Waals surface area contributed by atoms with Crippen LogP contribution in [-0.4, -0.2) is 22.9 Å². The molecule has 0 saturated carbocycles. The minimum Gasteiger partial charge on any atom is -0.392 e. The molecule has 1 aliphatic heterocycles. The predicted octanol–water partition coefficient (Wildman–Crippen LogP) is 1.36. The highest BCUT2D eigenvalue weighted by molar-refractivity contribution is 8.00. The molecule has 1 atom stereocenters. The molecule has 1 heterocycles. The van der Waals surface area contributed by atoms with E-state index in [-0.39, 0.29) is 23.6 Å².